The number of halogens is 1. The normalized spacial score (nSPS) is 10.9. The van der Waals surface area contributed by atoms with Crippen molar-refractivity contribution in [3.63, 3.8) is 0 Å². The molecule has 0 saturated heterocycles. The Labute approximate surface area is 205 Å². The molecule has 0 radical (unpaired) electrons. The summed E-state index contributed by atoms with van der Waals surface area (Å²) in [7, 11) is 3.44. The summed E-state index contributed by atoms with van der Waals surface area (Å²) in [6, 6.07) is 17.9. The van der Waals surface area contributed by atoms with Crippen molar-refractivity contribution in [2.45, 2.75) is 19.9 Å². The van der Waals surface area contributed by atoms with Gasteiger partial charge in [0.2, 0.25) is 0 Å². The van der Waals surface area contributed by atoms with Crippen molar-refractivity contribution in [2.75, 3.05) is 19.5 Å². The van der Waals surface area contributed by atoms with Crippen LogP contribution in [-0.4, -0.2) is 24.2 Å². The second kappa shape index (κ2) is 10.2. The van der Waals surface area contributed by atoms with Crippen molar-refractivity contribution in [3.8, 4) is 22.6 Å². The fourth-order valence-corrected chi connectivity index (χ4v) is 4.13. The number of methoxy groups -OCH3 is 1. The number of anilines is 2. The number of pyridine rings is 1. The SMILES string of the molecule is C=C(CC)c1cnc2ccc(-c3cc(Cl)c(O)c(OC)c3)cc2c1Nc1ccc(CNC)cc1. The fraction of sp³-hybridized carbons (Fsp3) is 0.179. The summed E-state index contributed by atoms with van der Waals surface area (Å²) in [5.41, 5.74) is 7.77. The number of phenols is 1. The highest BCUT2D eigenvalue weighted by Crippen LogP contribution is 2.40. The number of rotatable bonds is 8. The molecular formula is C28H28ClN3O2. The Hall–Kier alpha value is -3.54. The summed E-state index contributed by atoms with van der Waals surface area (Å²) in [6.07, 6.45) is 2.69. The van der Waals surface area contributed by atoms with Gasteiger partial charge in [-0.15, -0.1) is 0 Å². The largest absolute Gasteiger partial charge is 0.503 e. The third-order valence-corrected chi connectivity index (χ3v) is 6.15. The quantitative estimate of drug-likeness (QED) is 0.253. The molecule has 6 heteroatoms. The van der Waals surface area contributed by atoms with E-state index in [2.05, 4.69) is 54.5 Å². The van der Waals surface area contributed by atoms with E-state index in [4.69, 9.17) is 21.3 Å². The van der Waals surface area contributed by atoms with Gasteiger partial charge in [-0.05, 0) is 72.1 Å². The van der Waals surface area contributed by atoms with E-state index in [0.29, 0.717) is 5.75 Å². The van der Waals surface area contributed by atoms with Gasteiger partial charge in [0.15, 0.2) is 11.5 Å². The highest BCUT2D eigenvalue weighted by Gasteiger charge is 2.15. The van der Waals surface area contributed by atoms with Gasteiger partial charge < -0.3 is 20.5 Å². The Morgan fingerprint density at radius 3 is 2.53 bits per heavy atom. The van der Waals surface area contributed by atoms with E-state index in [-0.39, 0.29) is 10.8 Å². The molecule has 0 unspecified atom stereocenters. The molecule has 3 aromatic carbocycles. The van der Waals surface area contributed by atoms with Gasteiger partial charge in [-0.25, -0.2) is 0 Å². The van der Waals surface area contributed by atoms with E-state index in [0.717, 1.165) is 57.5 Å². The van der Waals surface area contributed by atoms with Crippen LogP contribution in [0.3, 0.4) is 0 Å². The molecule has 0 fully saturated rings. The average molecular weight is 474 g/mol. The number of hydrogen-bond acceptors (Lipinski definition) is 5. The zero-order valence-electron chi connectivity index (χ0n) is 19.6. The van der Waals surface area contributed by atoms with Crippen LogP contribution in [0.25, 0.3) is 27.6 Å². The number of phenolic OH excluding ortho intramolecular Hbond substituents is 1. The Balaban J connectivity index is 1.86. The molecule has 4 aromatic rings. The molecule has 5 nitrogen and oxygen atoms in total. The number of benzene rings is 3. The maximum Gasteiger partial charge on any atom is 0.176 e. The fourth-order valence-electron chi connectivity index (χ4n) is 3.92. The smallest absolute Gasteiger partial charge is 0.176 e. The third kappa shape index (κ3) is 4.72. The third-order valence-electron chi connectivity index (χ3n) is 5.86. The lowest BCUT2D eigenvalue weighted by Gasteiger charge is -2.17. The predicted molar refractivity (Wildman–Crippen MR) is 142 cm³/mol. The van der Waals surface area contributed by atoms with Gasteiger partial charge >= 0.3 is 0 Å². The molecule has 0 saturated carbocycles. The van der Waals surface area contributed by atoms with Crippen molar-refractivity contribution in [3.05, 3.63) is 83.5 Å². The molecule has 0 aliphatic heterocycles. The number of fused-ring (bicyclic) bond motifs is 1. The lowest BCUT2D eigenvalue weighted by molar-refractivity contribution is 0.374. The van der Waals surface area contributed by atoms with Gasteiger partial charge in [0.25, 0.3) is 0 Å². The van der Waals surface area contributed by atoms with E-state index in [9.17, 15) is 5.11 Å². The van der Waals surface area contributed by atoms with Gasteiger partial charge in [0, 0.05) is 29.4 Å². The van der Waals surface area contributed by atoms with Crippen molar-refractivity contribution in [1.29, 1.82) is 0 Å². The van der Waals surface area contributed by atoms with Crippen molar-refractivity contribution < 1.29 is 9.84 Å². The van der Waals surface area contributed by atoms with Crippen LogP contribution in [0.15, 0.2) is 67.4 Å². The van der Waals surface area contributed by atoms with Crippen LogP contribution in [0.5, 0.6) is 11.5 Å². The molecule has 0 amide bonds. The highest BCUT2D eigenvalue weighted by atomic mass is 35.5. The molecule has 3 N–H and O–H groups in total. The number of hydrogen-bond donors (Lipinski definition) is 3. The lowest BCUT2D eigenvalue weighted by atomic mass is 9.98. The number of aromatic nitrogens is 1. The number of ether oxygens (including phenoxy) is 1. The number of allylic oxidation sites excluding steroid dienone is 1. The minimum Gasteiger partial charge on any atom is -0.503 e. The van der Waals surface area contributed by atoms with E-state index in [1.54, 1.807) is 12.1 Å². The monoisotopic (exact) mass is 473 g/mol. The Kier molecular flexibility index (Phi) is 7.06. The minimum absolute atomic E-state index is 0.0685. The van der Waals surface area contributed by atoms with Crippen LogP contribution in [-0.2, 0) is 6.54 Å². The zero-order valence-corrected chi connectivity index (χ0v) is 20.3. The molecule has 1 aromatic heterocycles. The minimum atomic E-state index is -0.0685. The van der Waals surface area contributed by atoms with Crippen molar-refractivity contribution in [2.24, 2.45) is 0 Å². The first-order chi connectivity index (χ1) is 16.4. The van der Waals surface area contributed by atoms with E-state index in [1.165, 1.54) is 12.7 Å². The van der Waals surface area contributed by atoms with Gasteiger partial charge in [-0.3, -0.25) is 4.98 Å². The average Bonchev–Trinajstić information content (AvgIpc) is 2.86. The molecular weight excluding hydrogens is 446 g/mol. The van der Waals surface area contributed by atoms with E-state index >= 15 is 0 Å². The molecule has 0 aliphatic rings. The molecule has 0 aliphatic carbocycles. The van der Waals surface area contributed by atoms with Crippen LogP contribution in [0.1, 0.15) is 24.5 Å². The first-order valence-corrected chi connectivity index (χ1v) is 11.5. The molecule has 174 valence electrons. The first kappa shape index (κ1) is 23.6. The zero-order chi connectivity index (χ0) is 24.2. The van der Waals surface area contributed by atoms with Gasteiger partial charge in [0.05, 0.1) is 23.3 Å². The van der Waals surface area contributed by atoms with Crippen LogP contribution < -0.4 is 15.4 Å². The summed E-state index contributed by atoms with van der Waals surface area (Å²) in [6.45, 7) is 7.17. The molecule has 0 bridgehead atoms. The predicted octanol–water partition coefficient (Wildman–Crippen LogP) is 7.16. The van der Waals surface area contributed by atoms with Crippen molar-refractivity contribution >= 4 is 39.5 Å². The second-order valence-electron chi connectivity index (χ2n) is 8.10. The highest BCUT2D eigenvalue weighted by molar-refractivity contribution is 6.32. The van der Waals surface area contributed by atoms with Gasteiger partial charge in [0.1, 0.15) is 0 Å². The maximum atomic E-state index is 10.1. The summed E-state index contributed by atoms with van der Waals surface area (Å²) < 4.78 is 5.30. The molecule has 1 heterocycles. The van der Waals surface area contributed by atoms with Gasteiger partial charge in [-0.2, -0.15) is 0 Å². The van der Waals surface area contributed by atoms with Crippen LogP contribution in [0.2, 0.25) is 5.02 Å². The number of nitrogens with zero attached hydrogens (tertiary/aromatic N) is 1. The molecule has 0 atom stereocenters. The molecule has 34 heavy (non-hydrogen) atoms. The maximum absolute atomic E-state index is 10.1. The number of aromatic hydroxyl groups is 1. The number of nitrogens with one attached hydrogen (secondary N) is 2. The van der Waals surface area contributed by atoms with Crippen LogP contribution >= 0.6 is 11.6 Å². The summed E-state index contributed by atoms with van der Waals surface area (Å²) >= 11 is 6.25. The van der Waals surface area contributed by atoms with Crippen LogP contribution in [0.4, 0.5) is 11.4 Å². The van der Waals surface area contributed by atoms with E-state index in [1.807, 2.05) is 25.4 Å². The van der Waals surface area contributed by atoms with Crippen molar-refractivity contribution in [1.82, 2.24) is 10.3 Å². The first-order valence-electron chi connectivity index (χ1n) is 11.1. The lowest BCUT2D eigenvalue weighted by Crippen LogP contribution is -2.05. The Bertz CT molecular complexity index is 1350. The standard InChI is InChI=1S/C28H28ClN3O2/c1-5-17(2)23-16-31-25-11-8-19(20-13-24(29)28(33)26(14-20)34-4)12-22(25)27(23)32-21-9-6-18(7-10-21)15-30-3/h6-14,16,30,33H,2,5,15H2,1,3-4H3,(H,31,32). The van der Waals surface area contributed by atoms with Gasteiger partial charge in [-0.1, -0.05) is 43.3 Å². The molecule has 4 rings (SSSR count). The van der Waals surface area contributed by atoms with E-state index < -0.39 is 0 Å². The van der Waals surface area contributed by atoms with Crippen LogP contribution in [0, 0.1) is 0 Å². The summed E-state index contributed by atoms with van der Waals surface area (Å²) in [5.74, 6) is 0.259. The Morgan fingerprint density at radius 2 is 1.85 bits per heavy atom. The Morgan fingerprint density at radius 1 is 1.09 bits per heavy atom. The molecule has 0 spiro atoms. The summed E-state index contributed by atoms with van der Waals surface area (Å²) in [4.78, 5) is 4.69. The summed E-state index contributed by atoms with van der Waals surface area (Å²) in [5, 5.41) is 18.1. The topological polar surface area (TPSA) is 66.4 Å². The second-order valence-corrected chi connectivity index (χ2v) is 8.50.